The van der Waals surface area contributed by atoms with Crippen LogP contribution in [-0.2, 0) is 20.8 Å². The van der Waals surface area contributed by atoms with Crippen LogP contribution in [0.3, 0.4) is 0 Å². The largest absolute Gasteiger partial charge is 0.348 e. The first-order valence-electron chi connectivity index (χ1n) is 10.7. The van der Waals surface area contributed by atoms with Crippen LogP contribution in [0.2, 0.25) is 0 Å². The molecule has 0 radical (unpaired) electrons. The van der Waals surface area contributed by atoms with Crippen LogP contribution in [0.4, 0.5) is 11.4 Å². The Kier molecular flexibility index (Phi) is 7.78. The molecule has 0 saturated heterocycles. The Balaban J connectivity index is 1.50. The molecule has 3 amide bonds. The SMILES string of the molecule is CCN(CC(=O)Nc1ccc(NC(C)=O)cc1)CC(=O)NC1CCCc2ccccc21. The van der Waals surface area contributed by atoms with Crippen molar-refractivity contribution in [3.8, 4) is 0 Å². The van der Waals surface area contributed by atoms with E-state index in [1.165, 1.54) is 18.1 Å². The van der Waals surface area contributed by atoms with E-state index in [-0.39, 0.29) is 36.9 Å². The highest BCUT2D eigenvalue weighted by Crippen LogP contribution is 2.29. The van der Waals surface area contributed by atoms with Crippen LogP contribution in [0.5, 0.6) is 0 Å². The summed E-state index contributed by atoms with van der Waals surface area (Å²) in [5.41, 5.74) is 3.81. The molecule has 0 fully saturated rings. The molecule has 0 aliphatic heterocycles. The average Bonchev–Trinajstić information content (AvgIpc) is 2.74. The Morgan fingerprint density at radius 3 is 2.26 bits per heavy atom. The van der Waals surface area contributed by atoms with Gasteiger partial charge in [-0.2, -0.15) is 0 Å². The van der Waals surface area contributed by atoms with E-state index in [1.807, 2.05) is 24.0 Å². The van der Waals surface area contributed by atoms with Gasteiger partial charge in [0.15, 0.2) is 0 Å². The third-order valence-electron chi connectivity index (χ3n) is 5.38. The maximum Gasteiger partial charge on any atom is 0.238 e. The summed E-state index contributed by atoms with van der Waals surface area (Å²) in [5, 5.41) is 8.65. The monoisotopic (exact) mass is 422 g/mol. The first-order chi connectivity index (χ1) is 14.9. The zero-order valence-electron chi connectivity index (χ0n) is 18.1. The maximum absolute atomic E-state index is 12.6. The van der Waals surface area contributed by atoms with Gasteiger partial charge in [0.1, 0.15) is 0 Å². The Morgan fingerprint density at radius 2 is 1.58 bits per heavy atom. The van der Waals surface area contributed by atoms with Crippen LogP contribution >= 0.6 is 0 Å². The molecule has 7 nitrogen and oxygen atoms in total. The summed E-state index contributed by atoms with van der Waals surface area (Å²) < 4.78 is 0. The zero-order valence-corrected chi connectivity index (χ0v) is 18.1. The van der Waals surface area contributed by atoms with E-state index in [0.29, 0.717) is 17.9 Å². The standard InChI is InChI=1S/C24H30N4O3/c1-3-28(15-23(30)26-20-13-11-19(12-14-20)25-17(2)29)16-24(31)27-22-10-6-8-18-7-4-5-9-21(18)22/h4-5,7,9,11-14,22H,3,6,8,10,15-16H2,1-2H3,(H,25,29)(H,26,30)(H,27,31). The number of rotatable bonds is 8. The van der Waals surface area contributed by atoms with Crippen LogP contribution in [0, 0.1) is 0 Å². The maximum atomic E-state index is 12.6. The smallest absolute Gasteiger partial charge is 0.238 e. The van der Waals surface area contributed by atoms with Gasteiger partial charge in [-0.3, -0.25) is 19.3 Å². The Bertz CT molecular complexity index is 927. The molecule has 31 heavy (non-hydrogen) atoms. The Labute approximate surface area is 183 Å². The van der Waals surface area contributed by atoms with Crippen molar-refractivity contribution in [3.05, 3.63) is 59.7 Å². The first-order valence-corrected chi connectivity index (χ1v) is 10.7. The molecule has 0 bridgehead atoms. The highest BCUT2D eigenvalue weighted by atomic mass is 16.2. The molecular weight excluding hydrogens is 392 g/mol. The molecule has 0 saturated carbocycles. The van der Waals surface area contributed by atoms with E-state index >= 15 is 0 Å². The van der Waals surface area contributed by atoms with Crippen molar-refractivity contribution in [2.24, 2.45) is 0 Å². The molecule has 2 aromatic rings. The number of benzene rings is 2. The number of nitrogens with zero attached hydrogens (tertiary/aromatic N) is 1. The minimum atomic E-state index is -0.190. The number of carbonyl (C=O) groups excluding carboxylic acids is 3. The van der Waals surface area contributed by atoms with Gasteiger partial charge in [0.2, 0.25) is 17.7 Å². The number of fused-ring (bicyclic) bond motifs is 1. The summed E-state index contributed by atoms with van der Waals surface area (Å²) in [7, 11) is 0. The predicted molar refractivity (Wildman–Crippen MR) is 122 cm³/mol. The van der Waals surface area contributed by atoms with Gasteiger partial charge in [-0.25, -0.2) is 0 Å². The van der Waals surface area contributed by atoms with Crippen LogP contribution in [0.15, 0.2) is 48.5 Å². The van der Waals surface area contributed by atoms with E-state index in [9.17, 15) is 14.4 Å². The number of hydrogen-bond acceptors (Lipinski definition) is 4. The Hall–Kier alpha value is -3.19. The van der Waals surface area contributed by atoms with E-state index in [4.69, 9.17) is 0 Å². The summed E-state index contributed by atoms with van der Waals surface area (Å²) >= 11 is 0. The lowest BCUT2D eigenvalue weighted by Gasteiger charge is -2.27. The Morgan fingerprint density at radius 1 is 0.935 bits per heavy atom. The second kappa shape index (κ2) is 10.7. The minimum absolute atomic E-state index is 0.0344. The quantitative estimate of drug-likeness (QED) is 0.610. The summed E-state index contributed by atoms with van der Waals surface area (Å²) in [4.78, 5) is 38.0. The van der Waals surface area contributed by atoms with Gasteiger partial charge < -0.3 is 16.0 Å². The second-order valence-electron chi connectivity index (χ2n) is 7.82. The molecule has 2 aromatic carbocycles. The topological polar surface area (TPSA) is 90.5 Å². The molecule has 164 valence electrons. The van der Waals surface area contributed by atoms with E-state index < -0.39 is 0 Å². The fourth-order valence-electron chi connectivity index (χ4n) is 3.87. The van der Waals surface area contributed by atoms with Gasteiger partial charge in [-0.1, -0.05) is 31.2 Å². The molecule has 0 spiro atoms. The third kappa shape index (κ3) is 6.65. The van der Waals surface area contributed by atoms with Crippen molar-refractivity contribution >= 4 is 29.1 Å². The molecule has 3 rings (SSSR count). The average molecular weight is 423 g/mol. The first kappa shape index (κ1) is 22.5. The lowest BCUT2D eigenvalue weighted by Crippen LogP contribution is -2.42. The van der Waals surface area contributed by atoms with Gasteiger partial charge >= 0.3 is 0 Å². The van der Waals surface area contributed by atoms with Gasteiger partial charge in [0.25, 0.3) is 0 Å². The molecule has 1 atom stereocenters. The van der Waals surface area contributed by atoms with Crippen molar-refractivity contribution < 1.29 is 14.4 Å². The van der Waals surface area contributed by atoms with Crippen molar-refractivity contribution in [3.63, 3.8) is 0 Å². The molecule has 1 aliphatic rings. The number of anilines is 2. The normalized spacial score (nSPS) is 15.1. The van der Waals surface area contributed by atoms with E-state index in [1.54, 1.807) is 24.3 Å². The highest BCUT2D eigenvalue weighted by Gasteiger charge is 2.22. The van der Waals surface area contributed by atoms with Crippen LogP contribution < -0.4 is 16.0 Å². The molecular formula is C24H30N4O3. The minimum Gasteiger partial charge on any atom is -0.348 e. The van der Waals surface area contributed by atoms with Crippen LogP contribution in [0.25, 0.3) is 0 Å². The third-order valence-corrected chi connectivity index (χ3v) is 5.38. The van der Waals surface area contributed by atoms with Crippen molar-refractivity contribution in [2.75, 3.05) is 30.3 Å². The number of hydrogen-bond donors (Lipinski definition) is 3. The van der Waals surface area contributed by atoms with E-state index in [0.717, 1.165) is 19.3 Å². The predicted octanol–water partition coefficient (Wildman–Crippen LogP) is 3.10. The molecule has 0 heterocycles. The number of likely N-dealkylation sites (N-methyl/N-ethyl adjacent to an activating group) is 1. The van der Waals surface area contributed by atoms with Crippen molar-refractivity contribution in [2.45, 2.75) is 39.2 Å². The second-order valence-corrected chi connectivity index (χ2v) is 7.82. The zero-order chi connectivity index (χ0) is 22.2. The summed E-state index contributed by atoms with van der Waals surface area (Å²) in [5.74, 6) is -0.411. The van der Waals surface area contributed by atoms with Gasteiger partial charge in [-0.05, 0) is 61.2 Å². The number of carbonyl (C=O) groups is 3. The molecule has 3 N–H and O–H groups in total. The number of aryl methyl sites for hydroxylation is 1. The van der Waals surface area contributed by atoms with Crippen molar-refractivity contribution in [1.29, 1.82) is 0 Å². The lowest BCUT2D eigenvalue weighted by atomic mass is 9.88. The van der Waals surface area contributed by atoms with Gasteiger partial charge in [0.05, 0.1) is 19.1 Å². The molecule has 1 unspecified atom stereocenters. The molecule has 7 heteroatoms. The van der Waals surface area contributed by atoms with Crippen molar-refractivity contribution in [1.82, 2.24) is 10.2 Å². The number of nitrogens with one attached hydrogen (secondary N) is 3. The molecule has 1 aliphatic carbocycles. The van der Waals surface area contributed by atoms with Gasteiger partial charge in [-0.15, -0.1) is 0 Å². The van der Waals surface area contributed by atoms with Crippen LogP contribution in [-0.4, -0.2) is 42.3 Å². The van der Waals surface area contributed by atoms with E-state index in [2.05, 4.69) is 28.1 Å². The van der Waals surface area contributed by atoms with Crippen LogP contribution in [0.1, 0.15) is 43.9 Å². The summed E-state index contributed by atoms with van der Waals surface area (Å²) in [6, 6.07) is 15.2. The number of amides is 3. The fourth-order valence-corrected chi connectivity index (χ4v) is 3.87. The summed E-state index contributed by atoms with van der Waals surface area (Å²) in [6.45, 7) is 4.25. The fraction of sp³-hybridized carbons (Fsp3) is 0.375. The lowest BCUT2D eigenvalue weighted by molar-refractivity contribution is -0.124. The van der Waals surface area contributed by atoms with Gasteiger partial charge in [0, 0.05) is 18.3 Å². The molecule has 0 aromatic heterocycles. The summed E-state index contributed by atoms with van der Waals surface area (Å²) in [6.07, 6.45) is 3.04. The highest BCUT2D eigenvalue weighted by molar-refractivity contribution is 5.93.